The van der Waals surface area contributed by atoms with Crippen molar-refractivity contribution in [1.82, 2.24) is 9.97 Å². The van der Waals surface area contributed by atoms with Crippen LogP contribution < -0.4 is 10.1 Å². The Kier molecular flexibility index (Phi) is 3.47. The maximum Gasteiger partial charge on any atom is 0.255 e. The molecule has 2 aromatic heterocycles. The van der Waals surface area contributed by atoms with E-state index in [0.717, 1.165) is 10.9 Å². The summed E-state index contributed by atoms with van der Waals surface area (Å²) in [4.78, 5) is 20.5. The second kappa shape index (κ2) is 5.58. The van der Waals surface area contributed by atoms with Crippen LogP contribution in [0.4, 0.5) is 5.69 Å². The van der Waals surface area contributed by atoms with Crippen LogP contribution in [-0.4, -0.2) is 23.0 Å². The summed E-state index contributed by atoms with van der Waals surface area (Å²) < 4.78 is 4.97. The first-order valence-electron chi connectivity index (χ1n) is 6.42. The Bertz CT molecular complexity index is 785. The molecule has 0 bridgehead atoms. The smallest absolute Gasteiger partial charge is 0.255 e. The molecule has 0 aliphatic heterocycles. The summed E-state index contributed by atoms with van der Waals surface area (Å²) in [5.74, 6) is 0.303. The van der Waals surface area contributed by atoms with E-state index < -0.39 is 0 Å². The van der Waals surface area contributed by atoms with Gasteiger partial charge in [-0.05, 0) is 24.3 Å². The Morgan fingerprint density at radius 3 is 2.81 bits per heavy atom. The molecule has 0 atom stereocenters. The molecular weight excluding hydrogens is 266 g/mol. The average Bonchev–Trinajstić information content (AvgIpc) is 2.55. The third kappa shape index (κ3) is 2.81. The van der Waals surface area contributed by atoms with Crippen molar-refractivity contribution in [3.05, 3.63) is 60.4 Å². The topological polar surface area (TPSA) is 64.1 Å². The van der Waals surface area contributed by atoms with Crippen LogP contribution in [-0.2, 0) is 0 Å². The summed E-state index contributed by atoms with van der Waals surface area (Å²) in [5.41, 5.74) is 1.96. The fourth-order valence-electron chi connectivity index (χ4n) is 1.99. The van der Waals surface area contributed by atoms with Gasteiger partial charge in [-0.2, -0.15) is 0 Å². The van der Waals surface area contributed by atoms with Gasteiger partial charge in [-0.25, -0.2) is 4.98 Å². The predicted octanol–water partition coefficient (Wildman–Crippen LogP) is 2.89. The normalized spacial score (nSPS) is 10.3. The molecule has 3 aromatic rings. The highest BCUT2D eigenvalue weighted by Crippen LogP contribution is 2.16. The lowest BCUT2D eigenvalue weighted by atomic mass is 10.1. The van der Waals surface area contributed by atoms with Gasteiger partial charge in [0.25, 0.3) is 5.91 Å². The van der Waals surface area contributed by atoms with Crippen LogP contribution in [0.2, 0.25) is 0 Å². The Balaban J connectivity index is 1.82. The van der Waals surface area contributed by atoms with Crippen LogP contribution in [0.25, 0.3) is 10.9 Å². The highest BCUT2D eigenvalue weighted by molar-refractivity contribution is 6.06. The number of benzene rings is 1. The number of anilines is 1. The van der Waals surface area contributed by atoms with Crippen molar-refractivity contribution in [1.29, 1.82) is 0 Å². The van der Waals surface area contributed by atoms with E-state index in [-0.39, 0.29) is 5.91 Å². The van der Waals surface area contributed by atoms with Gasteiger partial charge < -0.3 is 10.1 Å². The van der Waals surface area contributed by atoms with Crippen molar-refractivity contribution < 1.29 is 9.53 Å². The lowest BCUT2D eigenvalue weighted by Crippen LogP contribution is -2.12. The maximum absolute atomic E-state index is 12.2. The SMILES string of the molecule is COc1ccc(NC(=O)c2ccc3cccnc3c2)cn1. The van der Waals surface area contributed by atoms with Gasteiger partial charge in [0.1, 0.15) is 0 Å². The molecule has 1 N–H and O–H groups in total. The summed E-state index contributed by atoms with van der Waals surface area (Å²) in [6.45, 7) is 0. The lowest BCUT2D eigenvalue weighted by Gasteiger charge is -2.06. The molecule has 5 heteroatoms. The van der Waals surface area contributed by atoms with E-state index in [9.17, 15) is 4.79 Å². The number of hydrogen-bond acceptors (Lipinski definition) is 4. The van der Waals surface area contributed by atoms with Crippen LogP contribution in [0, 0.1) is 0 Å². The van der Waals surface area contributed by atoms with Gasteiger partial charge in [-0.3, -0.25) is 9.78 Å². The number of amides is 1. The molecular formula is C16H13N3O2. The Morgan fingerprint density at radius 1 is 1.14 bits per heavy atom. The number of pyridine rings is 2. The molecule has 3 rings (SSSR count). The monoisotopic (exact) mass is 279 g/mol. The number of nitrogens with one attached hydrogen (secondary N) is 1. The second-order valence-corrected chi connectivity index (χ2v) is 4.45. The van der Waals surface area contributed by atoms with Crippen LogP contribution in [0.3, 0.4) is 0 Å². The molecule has 0 saturated heterocycles. The number of ether oxygens (including phenoxy) is 1. The van der Waals surface area contributed by atoms with E-state index in [1.807, 2.05) is 18.2 Å². The molecule has 104 valence electrons. The van der Waals surface area contributed by atoms with Crippen molar-refractivity contribution in [2.24, 2.45) is 0 Å². The predicted molar refractivity (Wildman–Crippen MR) is 80.5 cm³/mol. The molecule has 0 aliphatic rings. The zero-order valence-corrected chi connectivity index (χ0v) is 11.4. The fourth-order valence-corrected chi connectivity index (χ4v) is 1.99. The minimum atomic E-state index is -0.200. The third-order valence-electron chi connectivity index (χ3n) is 3.07. The fraction of sp³-hybridized carbons (Fsp3) is 0.0625. The molecule has 0 saturated carbocycles. The zero-order chi connectivity index (χ0) is 14.7. The molecule has 5 nitrogen and oxygen atoms in total. The van der Waals surface area contributed by atoms with Crippen molar-refractivity contribution >= 4 is 22.5 Å². The van der Waals surface area contributed by atoms with Crippen LogP contribution in [0.5, 0.6) is 5.88 Å². The van der Waals surface area contributed by atoms with Gasteiger partial charge >= 0.3 is 0 Å². The third-order valence-corrected chi connectivity index (χ3v) is 3.07. The summed E-state index contributed by atoms with van der Waals surface area (Å²) in [7, 11) is 1.54. The Hall–Kier alpha value is -2.95. The van der Waals surface area contributed by atoms with Crippen molar-refractivity contribution in [2.45, 2.75) is 0 Å². The number of methoxy groups -OCH3 is 1. The summed E-state index contributed by atoms with van der Waals surface area (Å²) >= 11 is 0. The highest BCUT2D eigenvalue weighted by atomic mass is 16.5. The van der Waals surface area contributed by atoms with Crippen molar-refractivity contribution in [3.63, 3.8) is 0 Å². The second-order valence-electron chi connectivity index (χ2n) is 4.45. The van der Waals surface area contributed by atoms with E-state index in [2.05, 4.69) is 15.3 Å². The van der Waals surface area contributed by atoms with E-state index in [1.54, 1.807) is 43.8 Å². The maximum atomic E-state index is 12.2. The van der Waals surface area contributed by atoms with Gasteiger partial charge in [-0.15, -0.1) is 0 Å². The first-order valence-corrected chi connectivity index (χ1v) is 6.42. The first kappa shape index (κ1) is 13.1. The minimum absolute atomic E-state index is 0.200. The molecule has 0 unspecified atom stereocenters. The Labute approximate surface area is 121 Å². The van der Waals surface area contributed by atoms with Gasteiger partial charge in [0, 0.05) is 23.2 Å². The number of rotatable bonds is 3. The van der Waals surface area contributed by atoms with Crippen LogP contribution in [0.1, 0.15) is 10.4 Å². The van der Waals surface area contributed by atoms with E-state index in [0.29, 0.717) is 17.1 Å². The van der Waals surface area contributed by atoms with E-state index >= 15 is 0 Å². The van der Waals surface area contributed by atoms with E-state index in [4.69, 9.17) is 4.74 Å². The summed E-state index contributed by atoms with van der Waals surface area (Å²) in [6, 6.07) is 12.7. The van der Waals surface area contributed by atoms with E-state index in [1.165, 1.54) is 0 Å². The average molecular weight is 279 g/mol. The summed E-state index contributed by atoms with van der Waals surface area (Å²) in [6.07, 6.45) is 3.26. The van der Waals surface area contributed by atoms with Crippen molar-refractivity contribution in [3.8, 4) is 5.88 Å². The molecule has 1 aromatic carbocycles. The number of nitrogens with zero attached hydrogens (tertiary/aromatic N) is 2. The largest absolute Gasteiger partial charge is 0.481 e. The quantitative estimate of drug-likeness (QED) is 0.800. The first-order chi connectivity index (χ1) is 10.3. The molecule has 0 radical (unpaired) electrons. The summed E-state index contributed by atoms with van der Waals surface area (Å²) in [5, 5.41) is 3.79. The number of hydrogen-bond donors (Lipinski definition) is 1. The molecule has 21 heavy (non-hydrogen) atoms. The van der Waals surface area contributed by atoms with Crippen molar-refractivity contribution in [2.75, 3.05) is 12.4 Å². The van der Waals surface area contributed by atoms with Crippen LogP contribution >= 0.6 is 0 Å². The van der Waals surface area contributed by atoms with Gasteiger partial charge in [-0.1, -0.05) is 12.1 Å². The molecule has 2 heterocycles. The molecule has 0 aliphatic carbocycles. The molecule has 0 spiro atoms. The zero-order valence-electron chi connectivity index (χ0n) is 11.4. The molecule has 1 amide bonds. The Morgan fingerprint density at radius 2 is 2.05 bits per heavy atom. The van der Waals surface area contributed by atoms with Gasteiger partial charge in [0.05, 0.1) is 24.5 Å². The number of fused-ring (bicyclic) bond motifs is 1. The minimum Gasteiger partial charge on any atom is -0.481 e. The standard InChI is InChI=1S/C16H13N3O2/c1-21-15-7-6-13(10-18-15)19-16(20)12-5-4-11-3-2-8-17-14(11)9-12/h2-10H,1H3,(H,19,20). The van der Waals surface area contributed by atoms with Gasteiger partial charge in [0.2, 0.25) is 5.88 Å². The number of carbonyl (C=O) groups excluding carboxylic acids is 1. The number of carbonyl (C=O) groups is 1. The van der Waals surface area contributed by atoms with Gasteiger partial charge in [0.15, 0.2) is 0 Å². The number of aromatic nitrogens is 2. The van der Waals surface area contributed by atoms with Crippen LogP contribution in [0.15, 0.2) is 54.9 Å². The lowest BCUT2D eigenvalue weighted by molar-refractivity contribution is 0.102. The molecule has 0 fully saturated rings. The highest BCUT2D eigenvalue weighted by Gasteiger charge is 2.07.